The summed E-state index contributed by atoms with van der Waals surface area (Å²) in [5.74, 6) is -0.285. The number of carbonyl (C=O) groups is 1. The molecule has 5 rings (SSSR count). The van der Waals surface area contributed by atoms with Crippen LogP contribution in [0.2, 0.25) is 0 Å². The van der Waals surface area contributed by atoms with E-state index < -0.39 is 4.92 Å². The fourth-order valence-corrected chi connectivity index (χ4v) is 4.47. The molecule has 0 aliphatic heterocycles. The van der Waals surface area contributed by atoms with Gasteiger partial charge >= 0.3 is 0 Å². The molecule has 0 saturated heterocycles. The highest BCUT2D eigenvalue weighted by molar-refractivity contribution is 7.99. The highest BCUT2D eigenvalue weighted by atomic mass is 32.2. The van der Waals surface area contributed by atoms with Crippen molar-refractivity contribution in [1.29, 1.82) is 0 Å². The average molecular weight is 491 g/mol. The van der Waals surface area contributed by atoms with Gasteiger partial charge in [-0.15, -0.1) is 10.2 Å². The van der Waals surface area contributed by atoms with Crippen molar-refractivity contribution in [2.24, 2.45) is 0 Å². The molecule has 7 nitrogen and oxygen atoms in total. The number of nitro groups is 1. The van der Waals surface area contributed by atoms with Crippen LogP contribution in [-0.4, -0.2) is 25.9 Å². The maximum absolute atomic E-state index is 12.8. The van der Waals surface area contributed by atoms with Crippen molar-refractivity contribution < 1.29 is 9.72 Å². The van der Waals surface area contributed by atoms with Crippen LogP contribution in [0.1, 0.15) is 15.9 Å². The smallest absolute Gasteiger partial charge is 0.284 e. The molecule has 0 aliphatic carbocycles. The summed E-state index contributed by atoms with van der Waals surface area (Å²) in [4.78, 5) is 29.2. The number of nitrogens with zero attached hydrogens (tertiary/aromatic N) is 4. The number of hydrogen-bond donors (Lipinski definition) is 0. The van der Waals surface area contributed by atoms with Crippen molar-refractivity contribution in [3.8, 4) is 22.5 Å². The summed E-state index contributed by atoms with van der Waals surface area (Å²) in [7, 11) is 0. The molecule has 0 N–H and O–H groups in total. The van der Waals surface area contributed by atoms with Crippen molar-refractivity contribution in [3.05, 3.63) is 130 Å². The predicted molar refractivity (Wildman–Crippen MR) is 138 cm³/mol. The lowest BCUT2D eigenvalue weighted by atomic mass is 10.0. The van der Waals surface area contributed by atoms with E-state index in [1.165, 1.54) is 6.07 Å². The van der Waals surface area contributed by atoms with Crippen LogP contribution in [0.4, 0.5) is 5.69 Å². The standard InChI is InChI=1S/C28H18N4O3S/c33-27(21-14-8-3-9-15-21)22-16-17-24(23(18-22)32(34)35)36-28-29-25(19-10-4-1-5-11-19)26(30-31-28)20-12-6-2-7-13-20/h1-18H. The molecule has 5 aromatic rings. The number of nitro benzene ring substituents is 1. The van der Waals surface area contributed by atoms with E-state index in [0.29, 0.717) is 21.8 Å². The predicted octanol–water partition coefficient (Wildman–Crippen LogP) is 6.50. The Labute approximate surface area is 211 Å². The maximum Gasteiger partial charge on any atom is 0.284 e. The van der Waals surface area contributed by atoms with Crippen molar-refractivity contribution in [3.63, 3.8) is 0 Å². The molecule has 8 heteroatoms. The van der Waals surface area contributed by atoms with Crippen molar-refractivity contribution in [2.75, 3.05) is 0 Å². The fourth-order valence-electron chi connectivity index (χ4n) is 3.68. The van der Waals surface area contributed by atoms with E-state index in [-0.39, 0.29) is 22.2 Å². The first-order chi connectivity index (χ1) is 17.6. The number of benzene rings is 4. The Kier molecular flexibility index (Phi) is 6.59. The molecule has 0 spiro atoms. The fraction of sp³-hybridized carbons (Fsp3) is 0. The zero-order chi connectivity index (χ0) is 24.9. The van der Waals surface area contributed by atoms with Crippen LogP contribution in [0.5, 0.6) is 0 Å². The summed E-state index contributed by atoms with van der Waals surface area (Å²) in [5.41, 5.74) is 3.46. The van der Waals surface area contributed by atoms with Gasteiger partial charge < -0.3 is 0 Å². The maximum atomic E-state index is 12.8. The van der Waals surface area contributed by atoms with E-state index in [0.717, 1.165) is 22.9 Å². The SMILES string of the molecule is O=C(c1ccccc1)c1ccc(Sc2nnc(-c3ccccc3)c(-c3ccccc3)n2)c([N+](=O)[O-])c1. The van der Waals surface area contributed by atoms with Crippen LogP contribution in [0.15, 0.2) is 119 Å². The highest BCUT2D eigenvalue weighted by Gasteiger charge is 2.21. The molecule has 36 heavy (non-hydrogen) atoms. The molecular formula is C28H18N4O3S. The molecule has 0 atom stereocenters. The monoisotopic (exact) mass is 490 g/mol. The van der Waals surface area contributed by atoms with E-state index in [4.69, 9.17) is 4.98 Å². The number of ketones is 1. The van der Waals surface area contributed by atoms with Gasteiger partial charge in [0.2, 0.25) is 5.16 Å². The van der Waals surface area contributed by atoms with E-state index in [1.54, 1.807) is 42.5 Å². The normalized spacial score (nSPS) is 10.7. The van der Waals surface area contributed by atoms with Crippen molar-refractivity contribution in [1.82, 2.24) is 15.2 Å². The summed E-state index contributed by atoms with van der Waals surface area (Å²) in [6, 6.07) is 32.3. The Hall–Kier alpha value is -4.69. The Morgan fingerprint density at radius 3 is 1.89 bits per heavy atom. The molecule has 1 heterocycles. The highest BCUT2D eigenvalue weighted by Crippen LogP contribution is 2.36. The summed E-state index contributed by atoms with van der Waals surface area (Å²) in [5, 5.41) is 20.8. The van der Waals surface area contributed by atoms with Gasteiger partial charge in [-0.1, -0.05) is 91.0 Å². The largest absolute Gasteiger partial charge is 0.289 e. The number of rotatable bonds is 7. The average Bonchev–Trinajstić information content (AvgIpc) is 2.94. The van der Waals surface area contributed by atoms with Gasteiger partial charge in [-0.25, -0.2) is 4.98 Å². The zero-order valence-electron chi connectivity index (χ0n) is 18.8. The Balaban J connectivity index is 1.53. The summed E-state index contributed by atoms with van der Waals surface area (Å²) in [6.45, 7) is 0. The van der Waals surface area contributed by atoms with Gasteiger partial charge in [-0.05, 0) is 23.9 Å². The van der Waals surface area contributed by atoms with Gasteiger partial charge in [0.25, 0.3) is 5.69 Å². The van der Waals surface area contributed by atoms with Gasteiger partial charge in [-0.3, -0.25) is 14.9 Å². The van der Waals surface area contributed by atoms with Gasteiger partial charge in [0.15, 0.2) is 5.78 Å². The third-order valence-corrected chi connectivity index (χ3v) is 6.34. The Bertz CT molecular complexity index is 1550. The molecule has 0 unspecified atom stereocenters. The van der Waals surface area contributed by atoms with Gasteiger partial charge in [-0.2, -0.15) is 0 Å². The first kappa shape index (κ1) is 23.1. The topological polar surface area (TPSA) is 98.9 Å². The molecule has 0 saturated carbocycles. The van der Waals surface area contributed by atoms with Crippen LogP contribution in [0, 0.1) is 10.1 Å². The molecule has 174 valence electrons. The van der Waals surface area contributed by atoms with Gasteiger partial charge in [0.05, 0.1) is 9.82 Å². The second kappa shape index (κ2) is 10.3. The summed E-state index contributed by atoms with van der Waals surface area (Å²) < 4.78 is 0. The lowest BCUT2D eigenvalue weighted by Crippen LogP contribution is -2.03. The van der Waals surface area contributed by atoms with Crippen molar-refractivity contribution >= 4 is 23.2 Å². The Morgan fingerprint density at radius 2 is 1.28 bits per heavy atom. The minimum absolute atomic E-state index is 0.196. The Morgan fingerprint density at radius 1 is 0.694 bits per heavy atom. The van der Waals surface area contributed by atoms with E-state index in [2.05, 4.69) is 10.2 Å². The molecule has 0 bridgehead atoms. The van der Waals surface area contributed by atoms with Crippen LogP contribution in [0.25, 0.3) is 22.5 Å². The second-order valence-electron chi connectivity index (χ2n) is 7.76. The first-order valence-electron chi connectivity index (χ1n) is 11.0. The van der Waals surface area contributed by atoms with Crippen LogP contribution >= 0.6 is 11.8 Å². The lowest BCUT2D eigenvalue weighted by Gasteiger charge is -2.10. The summed E-state index contributed by atoms with van der Waals surface area (Å²) >= 11 is 1.03. The first-order valence-corrected chi connectivity index (χ1v) is 11.8. The van der Waals surface area contributed by atoms with E-state index in [1.807, 2.05) is 60.7 Å². The summed E-state index contributed by atoms with van der Waals surface area (Å²) in [6.07, 6.45) is 0. The molecule has 0 fully saturated rings. The molecule has 0 radical (unpaired) electrons. The number of hydrogen-bond acceptors (Lipinski definition) is 7. The third kappa shape index (κ3) is 4.89. The van der Waals surface area contributed by atoms with Crippen LogP contribution in [0.3, 0.4) is 0 Å². The van der Waals surface area contributed by atoms with Crippen molar-refractivity contribution in [2.45, 2.75) is 10.1 Å². The minimum Gasteiger partial charge on any atom is -0.289 e. The number of carbonyl (C=O) groups excluding carboxylic acids is 1. The van der Waals surface area contributed by atoms with Gasteiger partial charge in [0, 0.05) is 28.3 Å². The molecular weight excluding hydrogens is 472 g/mol. The molecule has 0 amide bonds. The molecule has 4 aromatic carbocycles. The third-order valence-electron chi connectivity index (χ3n) is 5.42. The second-order valence-corrected chi connectivity index (χ2v) is 8.77. The number of aromatic nitrogens is 3. The molecule has 0 aliphatic rings. The van der Waals surface area contributed by atoms with Crippen LogP contribution in [-0.2, 0) is 0 Å². The van der Waals surface area contributed by atoms with Crippen LogP contribution < -0.4 is 0 Å². The lowest BCUT2D eigenvalue weighted by molar-refractivity contribution is -0.387. The van der Waals surface area contributed by atoms with E-state index in [9.17, 15) is 14.9 Å². The van der Waals surface area contributed by atoms with Gasteiger partial charge in [0.1, 0.15) is 11.4 Å². The quantitative estimate of drug-likeness (QED) is 0.146. The molecule has 1 aromatic heterocycles. The van der Waals surface area contributed by atoms with E-state index >= 15 is 0 Å². The zero-order valence-corrected chi connectivity index (χ0v) is 19.6. The minimum atomic E-state index is -0.506.